The van der Waals surface area contributed by atoms with Crippen molar-refractivity contribution in [1.29, 1.82) is 0 Å². The van der Waals surface area contributed by atoms with E-state index in [4.69, 9.17) is 9.15 Å². The van der Waals surface area contributed by atoms with Crippen molar-refractivity contribution in [2.24, 2.45) is 0 Å². The largest absolute Gasteiger partial charge is 0.447 e. The van der Waals surface area contributed by atoms with Crippen LogP contribution in [-0.4, -0.2) is 45.1 Å². The lowest BCUT2D eigenvalue weighted by molar-refractivity contribution is -0.0245. The molecule has 2 unspecified atom stereocenters. The van der Waals surface area contributed by atoms with E-state index in [1.807, 2.05) is 0 Å². The molecule has 7 heteroatoms. The number of morpholine rings is 1. The maximum Gasteiger partial charge on any atom is 0.276 e. The summed E-state index contributed by atoms with van der Waals surface area (Å²) in [6.45, 7) is 1.39. The molecule has 1 saturated carbocycles. The van der Waals surface area contributed by atoms with E-state index in [9.17, 15) is 8.42 Å². The molecule has 0 aromatic carbocycles. The van der Waals surface area contributed by atoms with Crippen LogP contribution >= 0.6 is 0 Å². The fraction of sp³-hybridized carbons (Fsp3) is 0.692. The van der Waals surface area contributed by atoms with E-state index < -0.39 is 10.0 Å². The van der Waals surface area contributed by atoms with Crippen LogP contribution in [-0.2, 0) is 21.3 Å². The van der Waals surface area contributed by atoms with Crippen LogP contribution in [0.25, 0.3) is 0 Å². The number of furan rings is 1. The van der Waals surface area contributed by atoms with Crippen LogP contribution in [0.5, 0.6) is 0 Å². The summed E-state index contributed by atoms with van der Waals surface area (Å²) < 4.78 is 38.1. The highest BCUT2D eigenvalue weighted by molar-refractivity contribution is 7.89. The van der Waals surface area contributed by atoms with Gasteiger partial charge in [0.25, 0.3) is 10.0 Å². The molecule has 1 aromatic rings. The Morgan fingerprint density at radius 1 is 1.40 bits per heavy atom. The first-order chi connectivity index (χ1) is 9.63. The Kier molecular flexibility index (Phi) is 3.85. The molecule has 2 atom stereocenters. The smallest absolute Gasteiger partial charge is 0.276 e. The van der Waals surface area contributed by atoms with E-state index in [-0.39, 0.29) is 17.2 Å². The minimum atomic E-state index is -3.55. The van der Waals surface area contributed by atoms with Crippen molar-refractivity contribution >= 4 is 10.0 Å². The molecule has 20 heavy (non-hydrogen) atoms. The van der Waals surface area contributed by atoms with Gasteiger partial charge < -0.3 is 14.5 Å². The van der Waals surface area contributed by atoms with Gasteiger partial charge in [-0.05, 0) is 38.4 Å². The molecule has 1 saturated heterocycles. The van der Waals surface area contributed by atoms with Crippen LogP contribution < -0.4 is 5.32 Å². The van der Waals surface area contributed by atoms with Gasteiger partial charge in [-0.15, -0.1) is 0 Å². The minimum absolute atomic E-state index is 0.0356. The summed E-state index contributed by atoms with van der Waals surface area (Å²) in [6, 6.07) is 3.21. The number of ether oxygens (including phenoxy) is 1. The van der Waals surface area contributed by atoms with E-state index in [2.05, 4.69) is 5.32 Å². The summed E-state index contributed by atoms with van der Waals surface area (Å²) in [7, 11) is -1.76. The van der Waals surface area contributed by atoms with Crippen molar-refractivity contribution in [3.05, 3.63) is 17.9 Å². The molecule has 2 heterocycles. The quantitative estimate of drug-likeness (QED) is 0.896. The number of hydrogen-bond donors (Lipinski definition) is 1. The molecule has 0 radical (unpaired) electrons. The highest BCUT2D eigenvalue weighted by atomic mass is 32.2. The van der Waals surface area contributed by atoms with Crippen molar-refractivity contribution in [1.82, 2.24) is 9.62 Å². The number of nitrogens with one attached hydrogen (secondary N) is 1. The predicted molar refractivity (Wildman–Crippen MR) is 72.7 cm³/mol. The van der Waals surface area contributed by atoms with Crippen molar-refractivity contribution in [2.45, 2.75) is 43.0 Å². The molecular weight excluding hydrogens is 280 g/mol. The number of fused-ring (bicyclic) bond motifs is 1. The zero-order chi connectivity index (χ0) is 14.2. The van der Waals surface area contributed by atoms with Gasteiger partial charge in [0.15, 0.2) is 0 Å². The number of hydrogen-bond acceptors (Lipinski definition) is 5. The van der Waals surface area contributed by atoms with E-state index in [0.29, 0.717) is 25.5 Å². The Morgan fingerprint density at radius 2 is 2.25 bits per heavy atom. The molecule has 1 aromatic heterocycles. The molecule has 1 aliphatic carbocycles. The van der Waals surface area contributed by atoms with Gasteiger partial charge in [-0.1, -0.05) is 0 Å². The first-order valence-corrected chi connectivity index (χ1v) is 8.43. The van der Waals surface area contributed by atoms with Crippen molar-refractivity contribution < 1.29 is 17.6 Å². The van der Waals surface area contributed by atoms with Gasteiger partial charge in [-0.25, -0.2) is 8.42 Å². The van der Waals surface area contributed by atoms with Gasteiger partial charge in [0.1, 0.15) is 5.76 Å². The summed E-state index contributed by atoms with van der Waals surface area (Å²) in [5.74, 6) is 0.627. The summed E-state index contributed by atoms with van der Waals surface area (Å²) in [5.41, 5.74) is 0. The molecule has 1 N–H and O–H groups in total. The Bertz CT molecular complexity index is 569. The van der Waals surface area contributed by atoms with E-state index >= 15 is 0 Å². The number of sulfonamides is 1. The van der Waals surface area contributed by atoms with E-state index in [1.165, 1.54) is 0 Å². The molecular formula is C13H20N2O4S. The maximum absolute atomic E-state index is 12.7. The predicted octanol–water partition coefficient (Wildman–Crippen LogP) is 0.941. The van der Waals surface area contributed by atoms with Crippen molar-refractivity contribution in [3.63, 3.8) is 0 Å². The lowest BCUT2D eigenvalue weighted by atomic mass is 10.2. The molecule has 6 nitrogen and oxygen atoms in total. The average Bonchev–Trinajstić information content (AvgIpc) is 3.06. The Labute approximate surface area is 119 Å². The van der Waals surface area contributed by atoms with Gasteiger partial charge in [0, 0.05) is 6.54 Å². The number of nitrogens with zero attached hydrogens (tertiary/aromatic N) is 1. The summed E-state index contributed by atoms with van der Waals surface area (Å²) >= 11 is 0. The van der Waals surface area contributed by atoms with Crippen LogP contribution in [0, 0.1) is 0 Å². The fourth-order valence-electron chi connectivity index (χ4n) is 3.07. The molecule has 2 fully saturated rings. The van der Waals surface area contributed by atoms with Crippen LogP contribution in [0.4, 0.5) is 0 Å². The highest BCUT2D eigenvalue weighted by Crippen LogP contribution is 2.33. The standard InChI is InChI=1S/C13H20N2O4S/c1-14-9-10-5-6-13(19-10)20(16,17)15-7-8-18-12-4-2-3-11(12)15/h5-6,11-12,14H,2-4,7-9H2,1H3. The second-order valence-corrected chi connectivity index (χ2v) is 7.10. The molecule has 3 rings (SSSR count). The fourth-order valence-corrected chi connectivity index (χ4v) is 4.67. The average molecular weight is 300 g/mol. The first-order valence-electron chi connectivity index (χ1n) is 6.99. The summed E-state index contributed by atoms with van der Waals surface area (Å²) in [4.78, 5) is 0. The van der Waals surface area contributed by atoms with Gasteiger partial charge in [0.2, 0.25) is 5.09 Å². The third-order valence-corrected chi connectivity index (χ3v) is 5.78. The SMILES string of the molecule is CNCc1ccc(S(=O)(=O)N2CCOC3CCCC32)o1. The van der Waals surface area contributed by atoms with Gasteiger partial charge in [0.05, 0.1) is 25.3 Å². The Morgan fingerprint density at radius 3 is 3.05 bits per heavy atom. The first kappa shape index (κ1) is 14.1. The van der Waals surface area contributed by atoms with Gasteiger partial charge >= 0.3 is 0 Å². The molecule has 0 bridgehead atoms. The normalized spacial score (nSPS) is 27.6. The zero-order valence-corrected chi connectivity index (χ0v) is 12.4. The van der Waals surface area contributed by atoms with Crippen LogP contribution in [0.15, 0.2) is 21.6 Å². The summed E-state index contributed by atoms with van der Waals surface area (Å²) in [6.07, 6.45) is 2.88. The molecule has 2 aliphatic rings. The van der Waals surface area contributed by atoms with Crippen LogP contribution in [0.3, 0.4) is 0 Å². The van der Waals surface area contributed by atoms with Crippen LogP contribution in [0.1, 0.15) is 25.0 Å². The van der Waals surface area contributed by atoms with Gasteiger partial charge in [-0.3, -0.25) is 0 Å². The maximum atomic E-state index is 12.7. The second-order valence-electron chi connectivity index (χ2n) is 5.27. The van der Waals surface area contributed by atoms with Crippen molar-refractivity contribution in [3.8, 4) is 0 Å². The molecule has 0 amide bonds. The third kappa shape index (κ3) is 2.39. The third-order valence-electron chi connectivity index (χ3n) is 3.98. The second kappa shape index (κ2) is 5.48. The molecule has 112 valence electrons. The molecule has 0 spiro atoms. The highest BCUT2D eigenvalue weighted by Gasteiger charge is 2.43. The van der Waals surface area contributed by atoms with Crippen molar-refractivity contribution in [2.75, 3.05) is 20.2 Å². The minimum Gasteiger partial charge on any atom is -0.447 e. The van der Waals surface area contributed by atoms with E-state index in [0.717, 1.165) is 19.3 Å². The van der Waals surface area contributed by atoms with E-state index in [1.54, 1.807) is 23.5 Å². The zero-order valence-electron chi connectivity index (χ0n) is 11.5. The Hall–Kier alpha value is -0.890. The lowest BCUT2D eigenvalue weighted by Crippen LogP contribution is -2.51. The Balaban J connectivity index is 1.86. The summed E-state index contributed by atoms with van der Waals surface area (Å²) in [5, 5.41) is 2.98. The number of rotatable bonds is 4. The molecule has 1 aliphatic heterocycles. The lowest BCUT2D eigenvalue weighted by Gasteiger charge is -2.35. The van der Waals surface area contributed by atoms with Gasteiger partial charge in [-0.2, -0.15) is 4.31 Å². The monoisotopic (exact) mass is 300 g/mol. The topological polar surface area (TPSA) is 71.8 Å². The van der Waals surface area contributed by atoms with Crippen LogP contribution in [0.2, 0.25) is 0 Å².